The summed E-state index contributed by atoms with van der Waals surface area (Å²) in [4.78, 5) is 26.4. The first-order valence-corrected chi connectivity index (χ1v) is 6.51. The van der Waals surface area contributed by atoms with Crippen molar-refractivity contribution in [2.45, 2.75) is 38.8 Å². The van der Waals surface area contributed by atoms with Crippen LogP contribution in [0.2, 0.25) is 0 Å². The molecule has 1 aliphatic rings. The Morgan fingerprint density at radius 2 is 2.47 bits per heavy atom. The predicted molar refractivity (Wildman–Crippen MR) is 66.9 cm³/mol. The van der Waals surface area contributed by atoms with E-state index in [4.69, 9.17) is 9.47 Å². The van der Waals surface area contributed by atoms with E-state index < -0.39 is 0 Å². The van der Waals surface area contributed by atoms with Crippen molar-refractivity contribution in [1.82, 2.24) is 9.55 Å². The summed E-state index contributed by atoms with van der Waals surface area (Å²) in [6.07, 6.45) is 4.33. The minimum Gasteiger partial charge on any atom is -0.466 e. The van der Waals surface area contributed by atoms with Crippen LogP contribution in [0.1, 0.15) is 36.1 Å². The summed E-state index contributed by atoms with van der Waals surface area (Å²) in [5.41, 5.74) is 0.866. The predicted octanol–water partition coefficient (Wildman–Crippen LogP) is 0.980. The molecule has 0 unspecified atom stereocenters. The molecule has 2 rings (SSSR count). The van der Waals surface area contributed by atoms with Crippen LogP contribution in [0.25, 0.3) is 0 Å². The molecule has 0 aromatic carbocycles. The molecule has 0 N–H and O–H groups in total. The van der Waals surface area contributed by atoms with Gasteiger partial charge < -0.3 is 14.0 Å². The quantitative estimate of drug-likeness (QED) is 0.543. The Hall–Kier alpha value is -1.69. The molecule has 1 saturated heterocycles. The van der Waals surface area contributed by atoms with E-state index in [-0.39, 0.29) is 12.1 Å². The molecule has 2 heterocycles. The van der Waals surface area contributed by atoms with E-state index in [0.29, 0.717) is 31.8 Å². The van der Waals surface area contributed by atoms with Gasteiger partial charge in [0.15, 0.2) is 12.1 Å². The summed E-state index contributed by atoms with van der Waals surface area (Å²) in [7, 11) is 0. The highest BCUT2D eigenvalue weighted by atomic mass is 16.5. The van der Waals surface area contributed by atoms with Gasteiger partial charge in [0.2, 0.25) is 0 Å². The molecule has 0 bridgehead atoms. The number of imidazole rings is 1. The lowest BCUT2D eigenvalue weighted by molar-refractivity contribution is -0.143. The first-order valence-electron chi connectivity index (χ1n) is 6.51. The van der Waals surface area contributed by atoms with E-state index in [0.717, 1.165) is 25.0 Å². The Bertz CT molecular complexity index is 451. The molecule has 1 atom stereocenters. The van der Waals surface area contributed by atoms with E-state index in [1.54, 1.807) is 13.1 Å². The fourth-order valence-corrected chi connectivity index (χ4v) is 2.03. The van der Waals surface area contributed by atoms with Crippen molar-refractivity contribution in [2.24, 2.45) is 0 Å². The van der Waals surface area contributed by atoms with Gasteiger partial charge in [-0.3, -0.25) is 9.59 Å². The molecule has 1 aromatic heterocycles. The fourth-order valence-electron chi connectivity index (χ4n) is 2.03. The maximum atomic E-state index is 11.3. The van der Waals surface area contributed by atoms with Crippen LogP contribution in [0.4, 0.5) is 0 Å². The zero-order chi connectivity index (χ0) is 13.7. The Labute approximate surface area is 111 Å². The number of rotatable bonds is 7. The summed E-state index contributed by atoms with van der Waals surface area (Å²) >= 11 is 0. The number of carbonyl (C=O) groups excluding carboxylic acids is 2. The summed E-state index contributed by atoms with van der Waals surface area (Å²) in [6.45, 7) is 3.55. The van der Waals surface area contributed by atoms with Gasteiger partial charge >= 0.3 is 5.97 Å². The molecule has 1 aromatic rings. The maximum absolute atomic E-state index is 11.3. The van der Waals surface area contributed by atoms with E-state index >= 15 is 0 Å². The van der Waals surface area contributed by atoms with Crippen molar-refractivity contribution in [2.75, 3.05) is 13.2 Å². The van der Waals surface area contributed by atoms with Gasteiger partial charge in [-0.2, -0.15) is 0 Å². The molecule has 0 aliphatic carbocycles. The van der Waals surface area contributed by atoms with Gasteiger partial charge in [-0.25, -0.2) is 4.98 Å². The maximum Gasteiger partial charge on any atom is 0.306 e. The number of aromatic nitrogens is 2. The molecule has 0 amide bonds. The first-order chi connectivity index (χ1) is 9.24. The van der Waals surface area contributed by atoms with Crippen molar-refractivity contribution in [3.05, 3.63) is 17.7 Å². The third-order valence-electron chi connectivity index (χ3n) is 3.14. The molecule has 1 fully saturated rings. The molecule has 0 radical (unpaired) electrons. The Kier molecular flexibility index (Phi) is 4.68. The number of aryl methyl sites for hydroxylation is 1. The van der Waals surface area contributed by atoms with Gasteiger partial charge in [0.05, 0.1) is 25.7 Å². The average molecular weight is 266 g/mol. The Balaban J connectivity index is 2.00. The largest absolute Gasteiger partial charge is 0.466 e. The van der Waals surface area contributed by atoms with Gasteiger partial charge in [0.25, 0.3) is 0 Å². The van der Waals surface area contributed by atoms with Gasteiger partial charge in [0.1, 0.15) is 0 Å². The van der Waals surface area contributed by atoms with Crippen LogP contribution in [0.15, 0.2) is 6.20 Å². The van der Waals surface area contributed by atoms with Crippen molar-refractivity contribution >= 4 is 12.3 Å². The standard InChI is InChI=1S/C13H18N2O4/c1-2-18-13(17)4-3-10-7-14-12(9-16)15(10)8-11-5-6-19-11/h7,9,11H,2-6,8H2,1H3/t11-/m0/s1. The van der Waals surface area contributed by atoms with Crippen LogP contribution >= 0.6 is 0 Å². The third-order valence-corrected chi connectivity index (χ3v) is 3.14. The third kappa shape index (κ3) is 3.41. The number of hydrogen-bond donors (Lipinski definition) is 0. The monoisotopic (exact) mass is 266 g/mol. The SMILES string of the molecule is CCOC(=O)CCc1cnc(C=O)n1C[C@@H]1CCO1. The van der Waals surface area contributed by atoms with Crippen LogP contribution in [0.3, 0.4) is 0 Å². The topological polar surface area (TPSA) is 70.4 Å². The lowest BCUT2D eigenvalue weighted by atomic mass is 10.2. The highest BCUT2D eigenvalue weighted by molar-refractivity contribution is 5.70. The lowest BCUT2D eigenvalue weighted by Crippen LogP contribution is -2.32. The first kappa shape index (κ1) is 13.7. The smallest absolute Gasteiger partial charge is 0.306 e. The molecular formula is C13H18N2O4. The molecular weight excluding hydrogens is 248 g/mol. The summed E-state index contributed by atoms with van der Waals surface area (Å²) in [6, 6.07) is 0. The van der Waals surface area contributed by atoms with Crippen LogP contribution in [-0.2, 0) is 27.2 Å². The van der Waals surface area contributed by atoms with E-state index in [1.807, 2.05) is 4.57 Å². The Morgan fingerprint density at radius 1 is 1.68 bits per heavy atom. The highest BCUT2D eigenvalue weighted by Gasteiger charge is 2.21. The molecule has 6 heteroatoms. The van der Waals surface area contributed by atoms with Crippen LogP contribution in [-0.4, -0.2) is 41.1 Å². The van der Waals surface area contributed by atoms with Crippen molar-refractivity contribution < 1.29 is 19.1 Å². The summed E-state index contributed by atoms with van der Waals surface area (Å²) in [5, 5.41) is 0. The highest BCUT2D eigenvalue weighted by Crippen LogP contribution is 2.16. The second-order valence-corrected chi connectivity index (χ2v) is 4.42. The Morgan fingerprint density at radius 3 is 3.05 bits per heavy atom. The molecule has 6 nitrogen and oxygen atoms in total. The summed E-state index contributed by atoms with van der Waals surface area (Å²) in [5.74, 6) is 0.150. The van der Waals surface area contributed by atoms with Gasteiger partial charge in [-0.05, 0) is 19.8 Å². The number of ether oxygens (including phenoxy) is 2. The normalized spacial score (nSPS) is 17.8. The zero-order valence-electron chi connectivity index (χ0n) is 11.0. The molecule has 1 aliphatic heterocycles. The van der Waals surface area contributed by atoms with Gasteiger partial charge in [0, 0.05) is 18.5 Å². The van der Waals surface area contributed by atoms with Gasteiger partial charge in [-0.1, -0.05) is 0 Å². The minimum atomic E-state index is -0.234. The lowest BCUT2D eigenvalue weighted by Gasteiger charge is -2.27. The average Bonchev–Trinajstić information content (AvgIpc) is 2.73. The number of aldehydes is 1. The molecule has 0 spiro atoms. The van der Waals surface area contributed by atoms with E-state index in [1.165, 1.54) is 0 Å². The van der Waals surface area contributed by atoms with E-state index in [9.17, 15) is 9.59 Å². The second-order valence-electron chi connectivity index (χ2n) is 4.42. The number of nitrogens with zero attached hydrogens (tertiary/aromatic N) is 2. The van der Waals surface area contributed by atoms with Gasteiger partial charge in [-0.15, -0.1) is 0 Å². The van der Waals surface area contributed by atoms with Crippen LogP contribution in [0.5, 0.6) is 0 Å². The van der Waals surface area contributed by atoms with E-state index in [2.05, 4.69) is 4.98 Å². The molecule has 0 saturated carbocycles. The molecule has 104 valence electrons. The van der Waals surface area contributed by atoms with Crippen LogP contribution < -0.4 is 0 Å². The van der Waals surface area contributed by atoms with Crippen molar-refractivity contribution in [1.29, 1.82) is 0 Å². The summed E-state index contributed by atoms with van der Waals surface area (Å²) < 4.78 is 12.1. The fraction of sp³-hybridized carbons (Fsp3) is 0.615. The number of hydrogen-bond acceptors (Lipinski definition) is 5. The van der Waals surface area contributed by atoms with Crippen molar-refractivity contribution in [3.63, 3.8) is 0 Å². The van der Waals surface area contributed by atoms with Crippen LogP contribution in [0, 0.1) is 0 Å². The second kappa shape index (κ2) is 6.47. The molecule has 19 heavy (non-hydrogen) atoms. The number of carbonyl (C=O) groups is 2. The zero-order valence-corrected chi connectivity index (χ0v) is 11.0. The number of esters is 1. The van der Waals surface area contributed by atoms with Crippen molar-refractivity contribution in [3.8, 4) is 0 Å². The minimum absolute atomic E-state index is 0.147.